The van der Waals surface area contributed by atoms with Crippen LogP contribution in [0.5, 0.6) is 0 Å². The van der Waals surface area contributed by atoms with Crippen LogP contribution in [-0.4, -0.2) is 6.26 Å². The third-order valence-electron chi connectivity index (χ3n) is 2.01. The fourth-order valence-corrected chi connectivity index (χ4v) is 1.54. The van der Waals surface area contributed by atoms with Crippen LogP contribution in [0.3, 0.4) is 0 Å². The van der Waals surface area contributed by atoms with Gasteiger partial charge in [-0.3, -0.25) is 0 Å². The van der Waals surface area contributed by atoms with Gasteiger partial charge >= 0.3 is 0 Å². The van der Waals surface area contributed by atoms with Crippen molar-refractivity contribution in [2.45, 2.75) is 11.7 Å². The highest BCUT2D eigenvalue weighted by Crippen LogP contribution is 2.34. The molecule has 0 amide bonds. The van der Waals surface area contributed by atoms with E-state index in [1.54, 1.807) is 31.4 Å². The van der Waals surface area contributed by atoms with Gasteiger partial charge in [0, 0.05) is 5.56 Å². The summed E-state index contributed by atoms with van der Waals surface area (Å²) < 4.78 is 12.5. The van der Waals surface area contributed by atoms with Crippen LogP contribution in [0.2, 0.25) is 0 Å². The zero-order chi connectivity index (χ0) is 9.90. The molecular formula is C10H10FNS. The van der Waals surface area contributed by atoms with Crippen LogP contribution in [0, 0.1) is 17.1 Å². The molecule has 1 aromatic carbocycles. The van der Waals surface area contributed by atoms with Crippen molar-refractivity contribution >= 4 is 11.8 Å². The van der Waals surface area contributed by atoms with Crippen molar-refractivity contribution in [2.75, 3.05) is 6.26 Å². The van der Waals surface area contributed by atoms with E-state index in [9.17, 15) is 4.39 Å². The minimum atomic E-state index is -0.786. The van der Waals surface area contributed by atoms with Gasteiger partial charge < -0.3 is 0 Å². The number of benzene rings is 1. The molecule has 0 radical (unpaired) electrons. The summed E-state index contributed by atoms with van der Waals surface area (Å²) in [5.41, 5.74) is 0.449. The summed E-state index contributed by atoms with van der Waals surface area (Å²) in [4.78, 5) is 0. The van der Waals surface area contributed by atoms with Gasteiger partial charge in [0.05, 0.1) is 6.07 Å². The summed E-state index contributed by atoms with van der Waals surface area (Å²) in [6.07, 6.45) is 1.80. The second-order valence-electron chi connectivity index (χ2n) is 2.83. The van der Waals surface area contributed by atoms with E-state index in [1.165, 1.54) is 17.8 Å². The molecule has 0 fully saturated rings. The predicted octanol–water partition coefficient (Wildman–Crippen LogP) is 2.93. The Kier molecular flexibility index (Phi) is 2.94. The van der Waals surface area contributed by atoms with Crippen LogP contribution < -0.4 is 0 Å². The highest BCUT2D eigenvalue weighted by molar-refractivity contribution is 7.99. The van der Waals surface area contributed by atoms with Gasteiger partial charge in [-0.05, 0) is 19.2 Å². The molecule has 0 aliphatic rings. The molecule has 1 aromatic rings. The van der Waals surface area contributed by atoms with Crippen molar-refractivity contribution < 1.29 is 4.39 Å². The number of nitrogens with zero attached hydrogens (tertiary/aromatic N) is 1. The molecule has 0 bridgehead atoms. The molecular weight excluding hydrogens is 185 g/mol. The molecule has 0 spiro atoms. The van der Waals surface area contributed by atoms with Crippen molar-refractivity contribution in [3.8, 4) is 6.07 Å². The standard InChI is InChI=1S/C10H10FNS/c1-10(7-12,13-2)8-5-3-4-6-9(8)11/h3-6H,1-2H3. The van der Waals surface area contributed by atoms with E-state index in [4.69, 9.17) is 5.26 Å². The Balaban J connectivity index is 3.22. The first-order valence-corrected chi connectivity index (χ1v) is 5.08. The molecule has 0 aromatic heterocycles. The molecule has 68 valence electrons. The highest BCUT2D eigenvalue weighted by atomic mass is 32.2. The third-order valence-corrected chi connectivity index (χ3v) is 3.14. The second kappa shape index (κ2) is 3.80. The summed E-state index contributed by atoms with van der Waals surface area (Å²) in [6, 6.07) is 8.49. The normalized spacial score (nSPS) is 14.6. The highest BCUT2D eigenvalue weighted by Gasteiger charge is 2.27. The van der Waals surface area contributed by atoms with Crippen molar-refractivity contribution in [3.05, 3.63) is 35.6 Å². The Morgan fingerprint density at radius 3 is 2.54 bits per heavy atom. The molecule has 0 N–H and O–H groups in total. The van der Waals surface area contributed by atoms with Crippen LogP contribution in [0.4, 0.5) is 4.39 Å². The monoisotopic (exact) mass is 195 g/mol. The van der Waals surface area contributed by atoms with E-state index < -0.39 is 4.75 Å². The number of nitriles is 1. The fraction of sp³-hybridized carbons (Fsp3) is 0.300. The van der Waals surface area contributed by atoms with Gasteiger partial charge in [-0.15, -0.1) is 11.8 Å². The van der Waals surface area contributed by atoms with E-state index in [1.807, 2.05) is 0 Å². The minimum Gasteiger partial charge on any atom is -0.207 e. The first-order valence-electron chi connectivity index (χ1n) is 3.85. The number of halogens is 1. The molecule has 0 saturated heterocycles. The molecule has 13 heavy (non-hydrogen) atoms. The fourth-order valence-electron chi connectivity index (χ4n) is 1.06. The van der Waals surface area contributed by atoms with Crippen LogP contribution >= 0.6 is 11.8 Å². The molecule has 0 heterocycles. The lowest BCUT2D eigenvalue weighted by Crippen LogP contribution is -2.15. The lowest BCUT2D eigenvalue weighted by Gasteiger charge is -2.19. The quantitative estimate of drug-likeness (QED) is 0.724. The van der Waals surface area contributed by atoms with E-state index in [-0.39, 0.29) is 5.82 Å². The van der Waals surface area contributed by atoms with Gasteiger partial charge in [0.1, 0.15) is 10.6 Å². The topological polar surface area (TPSA) is 23.8 Å². The Hall–Kier alpha value is -1.01. The number of hydrogen-bond acceptors (Lipinski definition) is 2. The van der Waals surface area contributed by atoms with Crippen molar-refractivity contribution in [3.63, 3.8) is 0 Å². The maximum absolute atomic E-state index is 13.3. The summed E-state index contributed by atoms with van der Waals surface area (Å²) >= 11 is 1.34. The van der Waals surface area contributed by atoms with Crippen LogP contribution in [0.25, 0.3) is 0 Å². The van der Waals surface area contributed by atoms with Crippen molar-refractivity contribution in [1.29, 1.82) is 5.26 Å². The van der Waals surface area contributed by atoms with E-state index >= 15 is 0 Å². The maximum Gasteiger partial charge on any atom is 0.128 e. The summed E-state index contributed by atoms with van der Waals surface area (Å²) in [7, 11) is 0. The summed E-state index contributed by atoms with van der Waals surface area (Å²) in [5, 5.41) is 8.93. The van der Waals surface area contributed by atoms with Crippen LogP contribution in [0.1, 0.15) is 12.5 Å². The van der Waals surface area contributed by atoms with E-state index in [0.29, 0.717) is 5.56 Å². The second-order valence-corrected chi connectivity index (χ2v) is 4.05. The Morgan fingerprint density at radius 2 is 2.08 bits per heavy atom. The molecule has 0 aliphatic carbocycles. The van der Waals surface area contributed by atoms with E-state index in [0.717, 1.165) is 0 Å². The maximum atomic E-state index is 13.3. The third kappa shape index (κ3) is 1.84. The molecule has 3 heteroatoms. The van der Waals surface area contributed by atoms with Crippen molar-refractivity contribution in [2.24, 2.45) is 0 Å². The van der Waals surface area contributed by atoms with Gasteiger partial charge in [-0.2, -0.15) is 5.26 Å². The molecule has 0 aliphatic heterocycles. The first kappa shape index (κ1) is 10.1. The number of thioether (sulfide) groups is 1. The Morgan fingerprint density at radius 1 is 1.46 bits per heavy atom. The average molecular weight is 195 g/mol. The molecule has 1 rings (SSSR count). The van der Waals surface area contributed by atoms with E-state index in [2.05, 4.69) is 6.07 Å². The van der Waals surface area contributed by atoms with Gasteiger partial charge in [0.15, 0.2) is 0 Å². The average Bonchev–Trinajstić information content (AvgIpc) is 2.17. The minimum absolute atomic E-state index is 0.319. The lowest BCUT2D eigenvalue weighted by atomic mass is 10.0. The number of rotatable bonds is 2. The first-order chi connectivity index (χ1) is 6.14. The van der Waals surface area contributed by atoms with Gasteiger partial charge in [0.25, 0.3) is 0 Å². The summed E-state index contributed by atoms with van der Waals surface area (Å²) in [6.45, 7) is 1.72. The smallest absolute Gasteiger partial charge is 0.128 e. The summed E-state index contributed by atoms with van der Waals surface area (Å²) in [5.74, 6) is -0.319. The Labute approximate surface area is 81.6 Å². The molecule has 1 nitrogen and oxygen atoms in total. The molecule has 1 unspecified atom stereocenters. The zero-order valence-corrected chi connectivity index (χ0v) is 8.36. The lowest BCUT2D eigenvalue weighted by molar-refractivity contribution is 0.600. The van der Waals surface area contributed by atoms with Crippen LogP contribution in [-0.2, 0) is 4.75 Å². The predicted molar refractivity (Wildman–Crippen MR) is 52.9 cm³/mol. The van der Waals surface area contributed by atoms with Crippen LogP contribution in [0.15, 0.2) is 24.3 Å². The van der Waals surface area contributed by atoms with Crippen molar-refractivity contribution in [1.82, 2.24) is 0 Å². The Bertz CT molecular complexity index is 345. The van der Waals surface area contributed by atoms with Gasteiger partial charge in [-0.1, -0.05) is 18.2 Å². The SMILES string of the molecule is CSC(C)(C#N)c1ccccc1F. The number of hydrogen-bond donors (Lipinski definition) is 0. The van der Waals surface area contributed by atoms with Gasteiger partial charge in [-0.25, -0.2) is 4.39 Å². The molecule has 0 saturated carbocycles. The van der Waals surface area contributed by atoms with Gasteiger partial charge in [0.2, 0.25) is 0 Å². The zero-order valence-electron chi connectivity index (χ0n) is 7.54. The largest absolute Gasteiger partial charge is 0.207 e. The molecule has 1 atom stereocenters.